The first kappa shape index (κ1) is 19.1. The summed E-state index contributed by atoms with van der Waals surface area (Å²) in [6.07, 6.45) is 0.773. The number of nitrogens with one attached hydrogen (secondary N) is 1. The number of rotatable bonds is 6. The number of fused-ring (bicyclic) bond motifs is 1. The van der Waals surface area contributed by atoms with E-state index in [0.717, 1.165) is 6.42 Å². The average molecular weight is 385 g/mol. The van der Waals surface area contributed by atoms with Crippen molar-refractivity contribution in [1.82, 2.24) is 9.55 Å². The molecule has 0 fully saturated rings. The molecule has 0 aliphatic carbocycles. The van der Waals surface area contributed by atoms with Gasteiger partial charge in [0.1, 0.15) is 5.82 Å². The summed E-state index contributed by atoms with van der Waals surface area (Å²) in [5.74, 6) is -0.511. The van der Waals surface area contributed by atoms with Gasteiger partial charge in [-0.3, -0.25) is 14.2 Å². The molecule has 5 nitrogen and oxygen atoms in total. The maximum Gasteiger partial charge on any atom is 0.262 e. The number of halogens is 1. The normalized spacial score (nSPS) is 12.1. The van der Waals surface area contributed by atoms with Gasteiger partial charge in [-0.15, -0.1) is 0 Å². The summed E-state index contributed by atoms with van der Waals surface area (Å²) in [6, 6.07) is 12.7. The smallest absolute Gasteiger partial charge is 0.262 e. The van der Waals surface area contributed by atoms with E-state index in [1.165, 1.54) is 36.0 Å². The molecule has 2 aromatic carbocycles. The zero-order chi connectivity index (χ0) is 19.4. The summed E-state index contributed by atoms with van der Waals surface area (Å²) in [7, 11) is 0. The Hall–Kier alpha value is -2.67. The van der Waals surface area contributed by atoms with Crippen LogP contribution in [0.15, 0.2) is 58.5 Å². The van der Waals surface area contributed by atoms with Crippen molar-refractivity contribution in [2.45, 2.75) is 31.5 Å². The molecule has 1 N–H and O–H groups in total. The zero-order valence-corrected chi connectivity index (χ0v) is 15.9. The van der Waals surface area contributed by atoms with Gasteiger partial charge in [0.15, 0.2) is 5.16 Å². The highest BCUT2D eigenvalue weighted by molar-refractivity contribution is 7.99. The Morgan fingerprint density at radius 1 is 1.22 bits per heavy atom. The van der Waals surface area contributed by atoms with Crippen molar-refractivity contribution in [3.05, 3.63) is 64.7 Å². The molecule has 1 aromatic heterocycles. The Morgan fingerprint density at radius 2 is 1.93 bits per heavy atom. The summed E-state index contributed by atoms with van der Waals surface area (Å²) < 4.78 is 14.6. The van der Waals surface area contributed by atoms with Crippen LogP contribution in [0.25, 0.3) is 10.9 Å². The van der Waals surface area contributed by atoms with Crippen LogP contribution in [0.2, 0.25) is 0 Å². The lowest BCUT2D eigenvalue weighted by Gasteiger charge is -2.18. The van der Waals surface area contributed by atoms with Crippen LogP contribution >= 0.6 is 11.8 Å². The lowest BCUT2D eigenvalue weighted by molar-refractivity contribution is -0.113. The Kier molecular flexibility index (Phi) is 5.91. The average Bonchev–Trinajstić information content (AvgIpc) is 2.68. The molecule has 140 valence electrons. The Balaban J connectivity index is 1.84. The van der Waals surface area contributed by atoms with E-state index in [1.807, 2.05) is 26.0 Å². The topological polar surface area (TPSA) is 64.0 Å². The van der Waals surface area contributed by atoms with Gasteiger partial charge in [0.2, 0.25) is 5.91 Å². The van der Waals surface area contributed by atoms with Crippen molar-refractivity contribution in [1.29, 1.82) is 0 Å². The van der Waals surface area contributed by atoms with Gasteiger partial charge in [-0.1, -0.05) is 30.8 Å². The highest BCUT2D eigenvalue weighted by atomic mass is 32.2. The Labute approximate surface area is 160 Å². The van der Waals surface area contributed by atoms with Crippen LogP contribution in [-0.2, 0) is 4.79 Å². The fourth-order valence-corrected chi connectivity index (χ4v) is 3.56. The molecule has 0 saturated heterocycles. The molecule has 7 heteroatoms. The minimum atomic E-state index is -0.361. The van der Waals surface area contributed by atoms with Gasteiger partial charge in [-0.05, 0) is 49.7 Å². The molecule has 3 rings (SSSR count). The number of benzene rings is 2. The Bertz CT molecular complexity index is 1020. The van der Waals surface area contributed by atoms with Crippen molar-refractivity contribution in [2.75, 3.05) is 11.1 Å². The minimum absolute atomic E-state index is 0.0303. The van der Waals surface area contributed by atoms with Gasteiger partial charge in [0.05, 0.1) is 16.7 Å². The molecule has 1 heterocycles. The number of carbonyl (C=O) groups excluding carboxylic acids is 1. The van der Waals surface area contributed by atoms with Crippen LogP contribution in [0.3, 0.4) is 0 Å². The number of hydrogen-bond acceptors (Lipinski definition) is 4. The highest BCUT2D eigenvalue weighted by Crippen LogP contribution is 2.22. The number of nitrogens with zero attached hydrogens (tertiary/aromatic N) is 2. The van der Waals surface area contributed by atoms with E-state index in [0.29, 0.717) is 21.7 Å². The Morgan fingerprint density at radius 3 is 2.63 bits per heavy atom. The van der Waals surface area contributed by atoms with Crippen molar-refractivity contribution < 1.29 is 9.18 Å². The van der Waals surface area contributed by atoms with E-state index in [9.17, 15) is 14.0 Å². The van der Waals surface area contributed by atoms with Crippen LogP contribution in [0, 0.1) is 5.82 Å². The van der Waals surface area contributed by atoms with Crippen molar-refractivity contribution in [3.63, 3.8) is 0 Å². The molecule has 0 saturated carbocycles. The van der Waals surface area contributed by atoms with E-state index in [4.69, 9.17) is 0 Å². The minimum Gasteiger partial charge on any atom is -0.325 e. The SMILES string of the molecule is CC[C@H](C)n1c(SCC(=O)Nc2ccc(F)cc2)nc2ccccc2c1=O. The molecular weight excluding hydrogens is 365 g/mol. The molecule has 0 spiro atoms. The van der Waals surface area contributed by atoms with Gasteiger partial charge >= 0.3 is 0 Å². The third-order valence-electron chi connectivity index (χ3n) is 4.27. The van der Waals surface area contributed by atoms with Gasteiger partial charge in [0, 0.05) is 11.7 Å². The van der Waals surface area contributed by atoms with Crippen LogP contribution < -0.4 is 10.9 Å². The number of amides is 1. The maximum atomic E-state index is 13.0. The summed E-state index contributed by atoms with van der Waals surface area (Å²) in [6.45, 7) is 3.96. The summed E-state index contributed by atoms with van der Waals surface area (Å²) in [5, 5.41) is 3.80. The predicted molar refractivity (Wildman–Crippen MR) is 107 cm³/mol. The molecule has 1 atom stereocenters. The van der Waals surface area contributed by atoms with E-state index < -0.39 is 0 Å². The van der Waals surface area contributed by atoms with Crippen LogP contribution in [0.1, 0.15) is 26.3 Å². The van der Waals surface area contributed by atoms with E-state index in [-0.39, 0.29) is 29.1 Å². The fraction of sp³-hybridized carbons (Fsp3) is 0.250. The van der Waals surface area contributed by atoms with Crippen LogP contribution in [0.4, 0.5) is 10.1 Å². The number of carbonyl (C=O) groups is 1. The zero-order valence-electron chi connectivity index (χ0n) is 15.1. The van der Waals surface area contributed by atoms with Gasteiger partial charge in [-0.25, -0.2) is 9.37 Å². The summed E-state index contributed by atoms with van der Waals surface area (Å²) in [5.41, 5.74) is 1.03. The molecule has 0 unspecified atom stereocenters. The first-order valence-electron chi connectivity index (χ1n) is 8.69. The molecule has 1 amide bonds. The molecule has 0 aliphatic heterocycles. The highest BCUT2D eigenvalue weighted by Gasteiger charge is 2.16. The number of aromatic nitrogens is 2. The van der Waals surface area contributed by atoms with E-state index in [2.05, 4.69) is 10.3 Å². The van der Waals surface area contributed by atoms with E-state index >= 15 is 0 Å². The predicted octanol–water partition coefficient (Wildman–Crippen LogP) is 4.24. The van der Waals surface area contributed by atoms with E-state index in [1.54, 1.807) is 16.7 Å². The molecule has 0 radical (unpaired) electrons. The van der Waals surface area contributed by atoms with Gasteiger partial charge in [0.25, 0.3) is 5.56 Å². The number of hydrogen-bond donors (Lipinski definition) is 1. The molecule has 0 aliphatic rings. The third-order valence-corrected chi connectivity index (χ3v) is 5.22. The summed E-state index contributed by atoms with van der Waals surface area (Å²) in [4.78, 5) is 29.7. The quantitative estimate of drug-likeness (QED) is 0.509. The lowest BCUT2D eigenvalue weighted by Crippen LogP contribution is -2.26. The van der Waals surface area contributed by atoms with Crippen LogP contribution in [-0.4, -0.2) is 21.2 Å². The second-order valence-electron chi connectivity index (χ2n) is 6.19. The first-order valence-corrected chi connectivity index (χ1v) is 9.67. The molecular formula is C20H20FN3O2S. The van der Waals surface area contributed by atoms with Crippen molar-refractivity contribution in [3.8, 4) is 0 Å². The fourth-order valence-electron chi connectivity index (χ4n) is 2.66. The second-order valence-corrected chi connectivity index (χ2v) is 7.13. The van der Waals surface area contributed by atoms with Crippen molar-refractivity contribution >= 4 is 34.3 Å². The first-order chi connectivity index (χ1) is 13.0. The van der Waals surface area contributed by atoms with Crippen molar-refractivity contribution in [2.24, 2.45) is 0 Å². The molecule has 27 heavy (non-hydrogen) atoms. The summed E-state index contributed by atoms with van der Waals surface area (Å²) >= 11 is 1.22. The maximum absolute atomic E-state index is 13.0. The number of para-hydroxylation sites is 1. The van der Waals surface area contributed by atoms with Gasteiger partial charge < -0.3 is 5.32 Å². The number of anilines is 1. The monoisotopic (exact) mass is 385 g/mol. The molecule has 3 aromatic rings. The second kappa shape index (κ2) is 8.35. The van der Waals surface area contributed by atoms with Crippen LogP contribution in [0.5, 0.6) is 0 Å². The third kappa shape index (κ3) is 4.36. The standard InChI is InChI=1S/C20H20FN3O2S/c1-3-13(2)24-19(26)16-6-4-5-7-17(16)23-20(24)27-12-18(25)22-15-10-8-14(21)9-11-15/h4-11,13H,3,12H2,1-2H3,(H,22,25)/t13-/m0/s1. The van der Waals surface area contributed by atoms with Gasteiger partial charge in [-0.2, -0.15) is 0 Å². The lowest BCUT2D eigenvalue weighted by atomic mass is 10.2. The largest absolute Gasteiger partial charge is 0.325 e. The molecule has 0 bridgehead atoms. The number of thioether (sulfide) groups is 1.